The molecule has 0 spiro atoms. The summed E-state index contributed by atoms with van der Waals surface area (Å²) in [5.74, 6) is -0.841. The lowest BCUT2D eigenvalue weighted by atomic mass is 9.87. The molecule has 1 aliphatic rings. The van der Waals surface area contributed by atoms with Gasteiger partial charge in [0.2, 0.25) is 0 Å². The number of carbonyl (C=O) groups excluding carboxylic acids is 2. The molecule has 0 aromatic rings. The number of carbonyl (C=O) groups is 2. The van der Waals surface area contributed by atoms with Gasteiger partial charge < -0.3 is 18.9 Å². The zero-order valence-electron chi connectivity index (χ0n) is 15.5. The highest BCUT2D eigenvalue weighted by atomic mass is 16.7. The molecule has 7 nitrogen and oxygen atoms in total. The summed E-state index contributed by atoms with van der Waals surface area (Å²) in [5, 5.41) is 0. The lowest BCUT2D eigenvalue weighted by Crippen LogP contribution is -2.46. The van der Waals surface area contributed by atoms with E-state index in [-0.39, 0.29) is 25.2 Å². The van der Waals surface area contributed by atoms with E-state index >= 15 is 0 Å². The van der Waals surface area contributed by atoms with Crippen LogP contribution in [0.2, 0.25) is 0 Å². The van der Waals surface area contributed by atoms with Crippen molar-refractivity contribution < 1.29 is 28.5 Å². The molecule has 1 amide bonds. The monoisotopic (exact) mass is 343 g/mol. The predicted molar refractivity (Wildman–Crippen MR) is 88.4 cm³/mol. The van der Waals surface area contributed by atoms with E-state index in [0.717, 1.165) is 5.57 Å². The van der Waals surface area contributed by atoms with Gasteiger partial charge in [-0.1, -0.05) is 12.2 Å². The number of hydrogen-bond donors (Lipinski definition) is 0. The van der Waals surface area contributed by atoms with E-state index in [4.69, 9.17) is 18.9 Å². The largest absolute Gasteiger partial charge is 0.467 e. The van der Waals surface area contributed by atoms with Crippen LogP contribution in [-0.2, 0) is 23.7 Å². The van der Waals surface area contributed by atoms with Gasteiger partial charge in [0.25, 0.3) is 0 Å². The van der Waals surface area contributed by atoms with E-state index in [1.807, 2.05) is 6.92 Å². The first-order chi connectivity index (χ1) is 11.1. The molecule has 7 heteroatoms. The average Bonchev–Trinajstić information content (AvgIpc) is 2.85. The Kier molecular flexibility index (Phi) is 7.23. The van der Waals surface area contributed by atoms with E-state index in [0.29, 0.717) is 6.54 Å². The maximum Gasteiger partial charge on any atom is 0.411 e. The van der Waals surface area contributed by atoms with Gasteiger partial charge in [0.05, 0.1) is 13.7 Å². The van der Waals surface area contributed by atoms with Crippen LogP contribution in [-0.4, -0.2) is 62.8 Å². The highest BCUT2D eigenvalue weighted by Crippen LogP contribution is 2.36. The van der Waals surface area contributed by atoms with Crippen LogP contribution in [0.1, 0.15) is 27.7 Å². The molecule has 138 valence electrons. The molecule has 0 saturated carbocycles. The van der Waals surface area contributed by atoms with Crippen LogP contribution in [0.4, 0.5) is 4.79 Å². The minimum Gasteiger partial charge on any atom is -0.467 e. The van der Waals surface area contributed by atoms with Crippen LogP contribution in [0.5, 0.6) is 0 Å². The molecule has 1 heterocycles. The summed E-state index contributed by atoms with van der Waals surface area (Å²) < 4.78 is 20.7. The number of ether oxygens (including phenoxy) is 4. The first-order valence-electron chi connectivity index (χ1n) is 7.92. The summed E-state index contributed by atoms with van der Waals surface area (Å²) in [6.07, 6.45) is -0.543. The topological polar surface area (TPSA) is 74.3 Å². The maximum absolute atomic E-state index is 12.5. The molecule has 1 aliphatic heterocycles. The average molecular weight is 343 g/mol. The second kappa shape index (κ2) is 8.48. The van der Waals surface area contributed by atoms with Crippen molar-refractivity contribution in [3.05, 3.63) is 12.2 Å². The van der Waals surface area contributed by atoms with Crippen LogP contribution in [0.25, 0.3) is 0 Å². The summed E-state index contributed by atoms with van der Waals surface area (Å²) in [4.78, 5) is 26.3. The SMILES string of the molecule is C=C(C)[C@H]1CN(C(=O)OC(C)(C)C)[C@H](C(=O)OC)[C@H]1COCOC. The van der Waals surface area contributed by atoms with Crippen molar-refractivity contribution in [1.82, 2.24) is 4.90 Å². The first-order valence-corrected chi connectivity index (χ1v) is 7.92. The summed E-state index contributed by atoms with van der Waals surface area (Å²) in [6, 6.07) is -0.775. The lowest BCUT2D eigenvalue weighted by molar-refractivity contribution is -0.148. The normalized spacial score (nSPS) is 23.9. The zero-order chi connectivity index (χ0) is 18.5. The molecular formula is C17H29NO6. The predicted octanol–water partition coefficient (Wildman–Crippen LogP) is 2.21. The van der Waals surface area contributed by atoms with Gasteiger partial charge in [-0.05, 0) is 27.7 Å². The highest BCUT2D eigenvalue weighted by molar-refractivity contribution is 5.83. The molecule has 1 saturated heterocycles. The van der Waals surface area contributed by atoms with Crippen molar-refractivity contribution in [2.45, 2.75) is 39.3 Å². The Labute approximate surface area is 143 Å². The summed E-state index contributed by atoms with van der Waals surface area (Å²) in [6.45, 7) is 11.9. The quantitative estimate of drug-likeness (QED) is 0.319. The molecule has 0 bridgehead atoms. The van der Waals surface area contributed by atoms with Gasteiger partial charge in [-0.2, -0.15) is 0 Å². The van der Waals surface area contributed by atoms with Crippen molar-refractivity contribution >= 4 is 12.1 Å². The lowest BCUT2D eigenvalue weighted by Gasteiger charge is -2.29. The van der Waals surface area contributed by atoms with Crippen LogP contribution in [0.15, 0.2) is 12.2 Å². The summed E-state index contributed by atoms with van der Waals surface area (Å²) in [7, 11) is 2.83. The minimum atomic E-state index is -0.775. The number of rotatable bonds is 6. The van der Waals surface area contributed by atoms with Crippen molar-refractivity contribution in [2.24, 2.45) is 11.8 Å². The van der Waals surface area contributed by atoms with Crippen molar-refractivity contribution in [3.63, 3.8) is 0 Å². The van der Waals surface area contributed by atoms with E-state index in [2.05, 4.69) is 6.58 Å². The molecule has 3 atom stereocenters. The van der Waals surface area contributed by atoms with Gasteiger partial charge in [0.15, 0.2) is 0 Å². The summed E-state index contributed by atoms with van der Waals surface area (Å²) in [5.41, 5.74) is 0.224. The Morgan fingerprint density at radius 3 is 2.33 bits per heavy atom. The number of hydrogen-bond acceptors (Lipinski definition) is 6. The second-order valence-electron chi connectivity index (χ2n) is 6.99. The van der Waals surface area contributed by atoms with Crippen molar-refractivity contribution in [3.8, 4) is 0 Å². The van der Waals surface area contributed by atoms with Gasteiger partial charge >= 0.3 is 12.1 Å². The molecule has 0 aliphatic carbocycles. The van der Waals surface area contributed by atoms with Gasteiger partial charge in [0.1, 0.15) is 18.4 Å². The number of amides is 1. The molecule has 1 fully saturated rings. The van der Waals surface area contributed by atoms with E-state index in [1.165, 1.54) is 19.1 Å². The fourth-order valence-corrected chi connectivity index (χ4v) is 2.84. The fraction of sp³-hybridized carbons (Fsp3) is 0.765. The third-order valence-electron chi connectivity index (χ3n) is 3.87. The van der Waals surface area contributed by atoms with Crippen LogP contribution in [0, 0.1) is 11.8 Å². The molecule has 0 N–H and O–H groups in total. The first kappa shape index (κ1) is 20.4. The molecular weight excluding hydrogens is 314 g/mol. The van der Waals surface area contributed by atoms with E-state index < -0.39 is 23.7 Å². The van der Waals surface area contributed by atoms with E-state index in [1.54, 1.807) is 20.8 Å². The third kappa shape index (κ3) is 5.21. The Balaban J connectivity index is 3.06. The number of esters is 1. The van der Waals surface area contributed by atoms with Crippen molar-refractivity contribution in [1.29, 1.82) is 0 Å². The van der Waals surface area contributed by atoms with Crippen molar-refractivity contribution in [2.75, 3.05) is 34.2 Å². The molecule has 0 aromatic heterocycles. The van der Waals surface area contributed by atoms with Gasteiger partial charge in [0, 0.05) is 25.5 Å². The van der Waals surface area contributed by atoms with Crippen LogP contribution >= 0.6 is 0 Å². The van der Waals surface area contributed by atoms with Crippen LogP contribution < -0.4 is 0 Å². The highest BCUT2D eigenvalue weighted by Gasteiger charge is 2.49. The Bertz CT molecular complexity index is 470. The number of nitrogens with zero attached hydrogens (tertiary/aromatic N) is 1. The standard InChI is InChI=1S/C17H29NO6/c1-11(2)12-8-18(16(20)24-17(3,4)5)14(15(19)22-7)13(12)9-23-10-21-6/h12-14H,1,8-10H2,2-7H3/t12-,13+,14+/m1/s1. The maximum atomic E-state index is 12.5. The molecule has 24 heavy (non-hydrogen) atoms. The number of methoxy groups -OCH3 is 2. The molecule has 1 rings (SSSR count). The Morgan fingerprint density at radius 2 is 1.88 bits per heavy atom. The molecule has 0 radical (unpaired) electrons. The zero-order valence-corrected chi connectivity index (χ0v) is 15.5. The Morgan fingerprint density at radius 1 is 1.25 bits per heavy atom. The second-order valence-corrected chi connectivity index (χ2v) is 6.99. The van der Waals surface area contributed by atoms with Gasteiger partial charge in [-0.15, -0.1) is 0 Å². The number of likely N-dealkylation sites (tertiary alicyclic amines) is 1. The molecule has 0 aromatic carbocycles. The van der Waals surface area contributed by atoms with E-state index in [9.17, 15) is 9.59 Å². The fourth-order valence-electron chi connectivity index (χ4n) is 2.84. The Hall–Kier alpha value is -1.60. The molecule has 0 unspecified atom stereocenters. The smallest absolute Gasteiger partial charge is 0.411 e. The van der Waals surface area contributed by atoms with Gasteiger partial charge in [-0.25, -0.2) is 9.59 Å². The summed E-state index contributed by atoms with van der Waals surface area (Å²) >= 11 is 0. The third-order valence-corrected chi connectivity index (χ3v) is 3.87. The van der Waals surface area contributed by atoms with Gasteiger partial charge in [-0.3, -0.25) is 4.90 Å². The van der Waals surface area contributed by atoms with Crippen LogP contribution in [0.3, 0.4) is 0 Å². The minimum absolute atomic E-state index is 0.0847.